The fourth-order valence-electron chi connectivity index (χ4n) is 4.13. The quantitative estimate of drug-likeness (QED) is 0.0797. The van der Waals surface area contributed by atoms with Crippen molar-refractivity contribution in [2.75, 3.05) is 13.1 Å². The van der Waals surface area contributed by atoms with E-state index in [4.69, 9.17) is 17.2 Å². The van der Waals surface area contributed by atoms with Gasteiger partial charge in [-0.25, -0.2) is 4.79 Å². The van der Waals surface area contributed by atoms with Crippen LogP contribution in [0.1, 0.15) is 37.7 Å². The van der Waals surface area contributed by atoms with Crippen LogP contribution in [0.15, 0.2) is 35.3 Å². The van der Waals surface area contributed by atoms with E-state index in [0.29, 0.717) is 31.4 Å². The number of carboxylic acids is 2. The Bertz CT molecular complexity index is 1030. The number of amides is 3. The van der Waals surface area contributed by atoms with Crippen LogP contribution in [-0.2, 0) is 30.4 Å². The Balaban J connectivity index is 2.05. The van der Waals surface area contributed by atoms with E-state index in [9.17, 15) is 34.2 Å². The number of likely N-dealkylation sites (tertiary alicyclic amines) is 1. The molecule has 1 aromatic rings. The van der Waals surface area contributed by atoms with Gasteiger partial charge < -0.3 is 42.9 Å². The van der Waals surface area contributed by atoms with Crippen LogP contribution in [-0.4, -0.2) is 88.0 Å². The number of carboxylic acid groups (broad SMARTS) is 2. The molecule has 4 unspecified atom stereocenters. The molecule has 1 aromatic carbocycles. The third-order valence-corrected chi connectivity index (χ3v) is 6.03. The first-order valence-electron chi connectivity index (χ1n) is 12.2. The maximum atomic E-state index is 13.0. The lowest BCUT2D eigenvalue weighted by atomic mass is 10.0. The Hall–Kier alpha value is -4.20. The molecule has 208 valence electrons. The third kappa shape index (κ3) is 9.35. The van der Waals surface area contributed by atoms with Crippen molar-refractivity contribution in [3.8, 4) is 0 Å². The fourth-order valence-corrected chi connectivity index (χ4v) is 4.13. The van der Waals surface area contributed by atoms with Gasteiger partial charge in [-0.05, 0) is 31.2 Å². The average Bonchev–Trinajstić information content (AvgIpc) is 3.35. The van der Waals surface area contributed by atoms with E-state index in [2.05, 4.69) is 15.6 Å². The second-order valence-corrected chi connectivity index (χ2v) is 8.99. The van der Waals surface area contributed by atoms with E-state index in [1.807, 2.05) is 0 Å². The summed E-state index contributed by atoms with van der Waals surface area (Å²) >= 11 is 0. The minimum absolute atomic E-state index is 0.0401. The number of carbonyl (C=O) groups is 5. The summed E-state index contributed by atoms with van der Waals surface area (Å²) in [5.74, 6) is -4.90. The third-order valence-electron chi connectivity index (χ3n) is 6.03. The number of benzene rings is 1. The molecule has 0 spiro atoms. The molecule has 1 saturated heterocycles. The smallest absolute Gasteiger partial charge is 0.326 e. The Labute approximate surface area is 219 Å². The average molecular weight is 534 g/mol. The summed E-state index contributed by atoms with van der Waals surface area (Å²) in [6.07, 6.45) is 0.721. The van der Waals surface area contributed by atoms with Gasteiger partial charge in [0.05, 0.1) is 12.5 Å². The summed E-state index contributed by atoms with van der Waals surface area (Å²) in [6.45, 7) is 0.563. The molecule has 10 N–H and O–H groups in total. The molecular weight excluding hydrogens is 498 g/mol. The molecule has 2 rings (SSSR count). The molecule has 0 aromatic heterocycles. The Morgan fingerprint density at radius 1 is 1.05 bits per heavy atom. The van der Waals surface area contributed by atoms with Crippen molar-refractivity contribution >= 4 is 35.6 Å². The van der Waals surface area contributed by atoms with Crippen LogP contribution in [0.5, 0.6) is 0 Å². The highest BCUT2D eigenvalue weighted by Crippen LogP contribution is 2.19. The molecule has 1 fully saturated rings. The van der Waals surface area contributed by atoms with Gasteiger partial charge in [0.2, 0.25) is 17.7 Å². The number of hydrogen-bond acceptors (Lipinski definition) is 7. The van der Waals surface area contributed by atoms with Crippen LogP contribution in [0, 0.1) is 0 Å². The second kappa shape index (κ2) is 14.5. The summed E-state index contributed by atoms with van der Waals surface area (Å²) in [4.78, 5) is 67.1. The van der Waals surface area contributed by atoms with E-state index in [1.54, 1.807) is 30.3 Å². The Morgan fingerprint density at radius 3 is 2.34 bits per heavy atom. The number of nitrogens with two attached hydrogens (primary N) is 3. The van der Waals surface area contributed by atoms with Crippen molar-refractivity contribution in [1.82, 2.24) is 15.5 Å². The summed E-state index contributed by atoms with van der Waals surface area (Å²) in [5, 5.41) is 23.5. The first-order valence-corrected chi connectivity index (χ1v) is 12.2. The van der Waals surface area contributed by atoms with Crippen molar-refractivity contribution in [3.63, 3.8) is 0 Å². The van der Waals surface area contributed by atoms with Gasteiger partial charge in [-0.1, -0.05) is 30.3 Å². The molecule has 0 aliphatic carbocycles. The van der Waals surface area contributed by atoms with E-state index in [1.165, 1.54) is 4.90 Å². The van der Waals surface area contributed by atoms with E-state index in [-0.39, 0.29) is 25.3 Å². The molecule has 38 heavy (non-hydrogen) atoms. The van der Waals surface area contributed by atoms with Crippen molar-refractivity contribution in [3.05, 3.63) is 35.9 Å². The summed E-state index contributed by atoms with van der Waals surface area (Å²) in [5.41, 5.74) is 17.2. The molecule has 14 nitrogen and oxygen atoms in total. The lowest BCUT2D eigenvalue weighted by molar-refractivity contribution is -0.144. The number of aliphatic imine (C=N–C) groups is 1. The Kier molecular flexibility index (Phi) is 11.5. The summed E-state index contributed by atoms with van der Waals surface area (Å²) < 4.78 is 0. The van der Waals surface area contributed by atoms with Crippen LogP contribution < -0.4 is 27.8 Å². The highest BCUT2D eigenvalue weighted by atomic mass is 16.4. The van der Waals surface area contributed by atoms with Gasteiger partial charge in [0.15, 0.2) is 5.96 Å². The van der Waals surface area contributed by atoms with Crippen LogP contribution in [0.25, 0.3) is 0 Å². The molecule has 1 aliphatic heterocycles. The topological polar surface area (TPSA) is 244 Å². The van der Waals surface area contributed by atoms with Gasteiger partial charge in [-0.3, -0.25) is 24.2 Å². The number of aliphatic carboxylic acids is 2. The molecule has 1 heterocycles. The second-order valence-electron chi connectivity index (χ2n) is 8.99. The van der Waals surface area contributed by atoms with Gasteiger partial charge in [-0.2, -0.15) is 0 Å². The molecular formula is C24H35N7O7. The van der Waals surface area contributed by atoms with E-state index >= 15 is 0 Å². The molecule has 4 atom stereocenters. The maximum Gasteiger partial charge on any atom is 0.326 e. The highest BCUT2D eigenvalue weighted by Gasteiger charge is 2.38. The largest absolute Gasteiger partial charge is 0.481 e. The molecule has 0 saturated carbocycles. The number of nitrogens with one attached hydrogen (secondary N) is 2. The Morgan fingerprint density at radius 2 is 1.74 bits per heavy atom. The van der Waals surface area contributed by atoms with Crippen molar-refractivity contribution in [2.24, 2.45) is 22.2 Å². The zero-order valence-electron chi connectivity index (χ0n) is 20.9. The molecule has 0 radical (unpaired) electrons. The highest BCUT2D eigenvalue weighted by molar-refractivity contribution is 5.95. The molecule has 1 aliphatic rings. The van der Waals surface area contributed by atoms with Gasteiger partial charge in [0.1, 0.15) is 18.1 Å². The normalized spacial score (nSPS) is 17.1. The standard InChI is InChI=1S/C24H35N7O7/c25-15(8-4-10-28-24(26)27)22(36)31-11-5-9-18(31)21(35)29-16(13-19(32)33)20(34)30-17(23(37)38)12-14-6-2-1-3-7-14/h1-3,6-7,15-18H,4-5,8-13,25H2,(H,29,35)(H,30,34)(H,32,33)(H,37,38)(H4,26,27,28). The van der Waals surface area contributed by atoms with Crippen molar-refractivity contribution in [1.29, 1.82) is 0 Å². The van der Waals surface area contributed by atoms with Crippen molar-refractivity contribution < 1.29 is 34.2 Å². The predicted molar refractivity (Wildman–Crippen MR) is 137 cm³/mol. The van der Waals surface area contributed by atoms with Gasteiger partial charge >= 0.3 is 11.9 Å². The molecule has 3 amide bonds. The predicted octanol–water partition coefficient (Wildman–Crippen LogP) is -1.87. The first-order chi connectivity index (χ1) is 18.0. The number of carbonyl (C=O) groups excluding carboxylic acids is 3. The zero-order valence-corrected chi connectivity index (χ0v) is 20.9. The van der Waals surface area contributed by atoms with E-state index < -0.39 is 60.2 Å². The lowest BCUT2D eigenvalue weighted by Crippen LogP contribution is -2.57. The van der Waals surface area contributed by atoms with Crippen LogP contribution in [0.2, 0.25) is 0 Å². The number of nitrogens with zero attached hydrogens (tertiary/aromatic N) is 2. The number of rotatable bonds is 14. The minimum atomic E-state index is -1.55. The van der Waals surface area contributed by atoms with Crippen LogP contribution in [0.3, 0.4) is 0 Å². The van der Waals surface area contributed by atoms with E-state index in [0.717, 1.165) is 0 Å². The van der Waals surface area contributed by atoms with Crippen LogP contribution >= 0.6 is 0 Å². The van der Waals surface area contributed by atoms with Crippen molar-refractivity contribution in [2.45, 2.75) is 62.7 Å². The zero-order chi connectivity index (χ0) is 28.2. The lowest BCUT2D eigenvalue weighted by Gasteiger charge is -2.28. The van der Waals surface area contributed by atoms with Gasteiger partial charge in [0.25, 0.3) is 0 Å². The summed E-state index contributed by atoms with van der Waals surface area (Å²) in [7, 11) is 0. The monoisotopic (exact) mass is 533 g/mol. The van der Waals surface area contributed by atoms with Gasteiger partial charge in [-0.15, -0.1) is 0 Å². The first kappa shape index (κ1) is 30.0. The summed E-state index contributed by atoms with van der Waals surface area (Å²) in [6, 6.07) is 3.82. The molecule has 14 heteroatoms. The maximum absolute atomic E-state index is 13.0. The fraction of sp³-hybridized carbons (Fsp3) is 0.500. The molecule has 0 bridgehead atoms. The van der Waals surface area contributed by atoms with Gasteiger partial charge in [0, 0.05) is 19.5 Å². The SMILES string of the molecule is NC(N)=NCCCC(N)C(=O)N1CCCC1C(=O)NC(CC(=O)O)C(=O)NC(Cc1ccccc1)C(=O)O. The minimum Gasteiger partial charge on any atom is -0.481 e. The number of hydrogen-bond donors (Lipinski definition) is 7. The van der Waals surface area contributed by atoms with Crippen LogP contribution in [0.4, 0.5) is 0 Å². The number of guanidine groups is 1.